The van der Waals surface area contributed by atoms with Crippen molar-refractivity contribution in [2.45, 2.75) is 58.1 Å². The van der Waals surface area contributed by atoms with Gasteiger partial charge in [0.05, 0.1) is 0 Å². The van der Waals surface area contributed by atoms with Crippen molar-refractivity contribution in [2.75, 3.05) is 26.2 Å². The van der Waals surface area contributed by atoms with E-state index in [-0.39, 0.29) is 12.7 Å². The zero-order valence-corrected chi connectivity index (χ0v) is 12.4. The maximum Gasteiger partial charge on any atom is 0.410 e. The van der Waals surface area contributed by atoms with Crippen LogP contribution >= 0.6 is 0 Å². The van der Waals surface area contributed by atoms with Crippen LogP contribution in [0.25, 0.3) is 0 Å². The van der Waals surface area contributed by atoms with Crippen molar-refractivity contribution in [1.82, 2.24) is 10.2 Å². The smallest absolute Gasteiger partial charge is 0.410 e. The highest BCUT2D eigenvalue weighted by Gasteiger charge is 2.26. The Bertz CT molecular complexity index is 268. The number of nitrogens with one attached hydrogen (secondary N) is 1. The van der Waals surface area contributed by atoms with Crippen LogP contribution in [-0.2, 0) is 4.74 Å². The first kappa shape index (κ1) is 16.2. The number of carbonyl (C=O) groups is 1. The summed E-state index contributed by atoms with van der Waals surface area (Å²) in [7, 11) is 0. The molecule has 1 amide bonds. The van der Waals surface area contributed by atoms with Gasteiger partial charge >= 0.3 is 6.09 Å². The van der Waals surface area contributed by atoms with Gasteiger partial charge in [-0.3, -0.25) is 0 Å². The number of aliphatic hydroxyl groups excluding tert-OH is 1. The maximum absolute atomic E-state index is 11.9. The average Bonchev–Trinajstić information content (AvgIpc) is 2.33. The lowest BCUT2D eigenvalue weighted by Crippen LogP contribution is -2.46. The third-order valence-electron chi connectivity index (χ3n) is 3.16. The number of piperidine rings is 1. The van der Waals surface area contributed by atoms with Gasteiger partial charge in [-0.15, -0.1) is 0 Å². The molecule has 1 fully saturated rings. The van der Waals surface area contributed by atoms with Crippen LogP contribution in [0.2, 0.25) is 0 Å². The van der Waals surface area contributed by atoms with Gasteiger partial charge in [-0.25, -0.2) is 4.79 Å². The number of nitrogens with zero attached hydrogens (tertiary/aromatic N) is 1. The van der Waals surface area contributed by atoms with Crippen LogP contribution < -0.4 is 5.32 Å². The van der Waals surface area contributed by atoms with Crippen molar-refractivity contribution in [3.8, 4) is 0 Å². The van der Waals surface area contributed by atoms with E-state index in [9.17, 15) is 4.79 Å². The molecule has 0 aromatic carbocycles. The minimum Gasteiger partial charge on any atom is -0.444 e. The third-order valence-corrected chi connectivity index (χ3v) is 3.16. The molecule has 0 aromatic rings. The van der Waals surface area contributed by atoms with Gasteiger partial charge in [0.25, 0.3) is 0 Å². The molecule has 0 radical (unpaired) electrons. The number of amides is 1. The normalized spacial score (nSPS) is 17.6. The van der Waals surface area contributed by atoms with E-state index in [1.54, 1.807) is 4.90 Å². The first-order chi connectivity index (χ1) is 8.92. The molecule has 112 valence electrons. The Morgan fingerprint density at radius 1 is 1.32 bits per heavy atom. The lowest BCUT2D eigenvalue weighted by atomic mass is 10.1. The highest BCUT2D eigenvalue weighted by atomic mass is 16.6. The number of hydrogen-bond acceptors (Lipinski definition) is 4. The van der Waals surface area contributed by atoms with E-state index in [0.717, 1.165) is 45.3 Å². The summed E-state index contributed by atoms with van der Waals surface area (Å²) in [5.74, 6) is 0. The number of hydrogen-bond donors (Lipinski definition) is 2. The molecule has 0 aliphatic carbocycles. The number of aliphatic hydroxyl groups is 1. The van der Waals surface area contributed by atoms with Crippen molar-refractivity contribution < 1.29 is 14.6 Å². The van der Waals surface area contributed by atoms with Crippen LogP contribution in [-0.4, -0.2) is 54.0 Å². The molecule has 1 saturated heterocycles. The molecule has 0 spiro atoms. The van der Waals surface area contributed by atoms with Gasteiger partial charge in [-0.05, 0) is 53.0 Å². The second-order valence-corrected chi connectivity index (χ2v) is 6.13. The van der Waals surface area contributed by atoms with E-state index in [0.29, 0.717) is 6.04 Å². The molecule has 5 nitrogen and oxygen atoms in total. The molecular weight excluding hydrogens is 244 g/mol. The number of carbonyl (C=O) groups excluding carboxylic acids is 1. The second kappa shape index (κ2) is 7.70. The first-order valence-corrected chi connectivity index (χ1v) is 7.24. The summed E-state index contributed by atoms with van der Waals surface area (Å²) < 4.78 is 5.36. The van der Waals surface area contributed by atoms with E-state index in [2.05, 4.69) is 5.32 Å². The Kier molecular flexibility index (Phi) is 6.58. The molecule has 0 bridgehead atoms. The fraction of sp³-hybridized carbons (Fsp3) is 0.929. The predicted octanol–water partition coefficient (Wildman–Crippen LogP) is 1.75. The summed E-state index contributed by atoms with van der Waals surface area (Å²) in [4.78, 5) is 13.7. The van der Waals surface area contributed by atoms with Gasteiger partial charge < -0.3 is 20.1 Å². The topological polar surface area (TPSA) is 61.8 Å². The molecule has 1 aliphatic heterocycles. The van der Waals surface area contributed by atoms with Crippen molar-refractivity contribution in [2.24, 2.45) is 0 Å². The molecule has 2 N–H and O–H groups in total. The van der Waals surface area contributed by atoms with Gasteiger partial charge in [0.2, 0.25) is 0 Å². The van der Waals surface area contributed by atoms with Gasteiger partial charge in [-0.1, -0.05) is 0 Å². The first-order valence-electron chi connectivity index (χ1n) is 7.24. The van der Waals surface area contributed by atoms with Gasteiger partial charge in [0.1, 0.15) is 5.60 Å². The summed E-state index contributed by atoms with van der Waals surface area (Å²) in [6.07, 6.45) is 3.59. The van der Waals surface area contributed by atoms with Crippen molar-refractivity contribution >= 4 is 6.09 Å². The van der Waals surface area contributed by atoms with Crippen molar-refractivity contribution in [1.29, 1.82) is 0 Å². The SMILES string of the molecule is CC(C)(C)OC(=O)N1CCC(NCCCCO)CC1. The lowest BCUT2D eigenvalue weighted by molar-refractivity contribution is 0.0198. The van der Waals surface area contributed by atoms with Crippen LogP contribution in [0, 0.1) is 0 Å². The summed E-state index contributed by atoms with van der Waals surface area (Å²) in [5, 5.41) is 12.2. The summed E-state index contributed by atoms with van der Waals surface area (Å²) >= 11 is 0. The highest BCUT2D eigenvalue weighted by Crippen LogP contribution is 2.15. The van der Waals surface area contributed by atoms with Crippen LogP contribution in [0.15, 0.2) is 0 Å². The van der Waals surface area contributed by atoms with Crippen molar-refractivity contribution in [3.05, 3.63) is 0 Å². The largest absolute Gasteiger partial charge is 0.444 e. The fourth-order valence-electron chi connectivity index (χ4n) is 2.14. The second-order valence-electron chi connectivity index (χ2n) is 6.13. The maximum atomic E-state index is 11.9. The molecule has 1 heterocycles. The lowest BCUT2D eigenvalue weighted by Gasteiger charge is -2.33. The average molecular weight is 272 g/mol. The van der Waals surface area contributed by atoms with Gasteiger partial charge in [0, 0.05) is 25.7 Å². The monoisotopic (exact) mass is 272 g/mol. The summed E-state index contributed by atoms with van der Waals surface area (Å²) in [6.45, 7) is 8.39. The quantitative estimate of drug-likeness (QED) is 0.749. The Morgan fingerprint density at radius 2 is 1.95 bits per heavy atom. The number of rotatable bonds is 5. The predicted molar refractivity (Wildman–Crippen MR) is 75.2 cm³/mol. The number of likely N-dealkylation sites (tertiary alicyclic amines) is 1. The molecule has 19 heavy (non-hydrogen) atoms. The summed E-state index contributed by atoms with van der Waals surface area (Å²) in [5.41, 5.74) is -0.420. The molecule has 0 aromatic heterocycles. The van der Waals surface area contributed by atoms with E-state index >= 15 is 0 Å². The third kappa shape index (κ3) is 6.78. The Hall–Kier alpha value is -0.810. The molecule has 0 saturated carbocycles. The highest BCUT2D eigenvalue weighted by molar-refractivity contribution is 5.68. The zero-order valence-electron chi connectivity index (χ0n) is 12.4. The Balaban J connectivity index is 2.19. The molecule has 5 heteroatoms. The van der Waals surface area contributed by atoms with Gasteiger partial charge in [-0.2, -0.15) is 0 Å². The fourth-order valence-corrected chi connectivity index (χ4v) is 2.14. The zero-order chi connectivity index (χ0) is 14.3. The van der Waals surface area contributed by atoms with Gasteiger partial charge in [0.15, 0.2) is 0 Å². The minimum atomic E-state index is -0.420. The van der Waals surface area contributed by atoms with Crippen molar-refractivity contribution in [3.63, 3.8) is 0 Å². The van der Waals surface area contributed by atoms with Crippen LogP contribution in [0.5, 0.6) is 0 Å². The number of unbranched alkanes of at least 4 members (excludes halogenated alkanes) is 1. The molecule has 1 rings (SSSR count). The molecule has 0 unspecified atom stereocenters. The van der Waals surface area contributed by atoms with E-state index in [4.69, 9.17) is 9.84 Å². The van der Waals surface area contributed by atoms with E-state index in [1.165, 1.54) is 0 Å². The minimum absolute atomic E-state index is 0.203. The number of ether oxygens (including phenoxy) is 1. The Labute approximate surface area is 116 Å². The van der Waals surface area contributed by atoms with E-state index < -0.39 is 5.60 Å². The van der Waals surface area contributed by atoms with Crippen LogP contribution in [0.1, 0.15) is 46.5 Å². The van der Waals surface area contributed by atoms with E-state index in [1.807, 2.05) is 20.8 Å². The summed E-state index contributed by atoms with van der Waals surface area (Å²) in [6, 6.07) is 0.484. The molecular formula is C14H28N2O3. The van der Waals surface area contributed by atoms with Crippen LogP contribution in [0.4, 0.5) is 4.79 Å². The Morgan fingerprint density at radius 3 is 2.47 bits per heavy atom. The molecule has 1 aliphatic rings. The standard InChI is InChI=1S/C14H28N2O3/c1-14(2,3)19-13(18)16-9-6-12(7-10-16)15-8-4-5-11-17/h12,15,17H,4-11H2,1-3H3. The molecule has 0 atom stereocenters. The van der Waals surface area contributed by atoms with Crippen LogP contribution in [0.3, 0.4) is 0 Å².